The molecule has 1 aliphatic carbocycles. The molecule has 2 unspecified atom stereocenters. The Hall–Kier alpha value is -2.55. The third kappa shape index (κ3) is 2.19. The number of nitrogens with zero attached hydrogens (tertiary/aromatic N) is 2. The van der Waals surface area contributed by atoms with Crippen molar-refractivity contribution in [2.75, 3.05) is 4.90 Å². The highest BCUT2D eigenvalue weighted by atomic mass is 15.3. The maximum Gasteiger partial charge on any atom is 0.148 e. The highest BCUT2D eigenvalue weighted by molar-refractivity contribution is 6.32. The summed E-state index contributed by atoms with van der Waals surface area (Å²) < 4.78 is 0. The Morgan fingerprint density at radius 2 is 1.82 bits per heavy atom. The number of hydrogen-bond donors (Lipinski definition) is 0. The minimum atomic E-state index is -0.0432. The monoisotopic (exact) mass is 282 g/mol. The van der Waals surface area contributed by atoms with Gasteiger partial charge in [-0.15, -0.1) is 0 Å². The first kappa shape index (κ1) is 13.1. The average Bonchev–Trinajstić information content (AvgIpc) is 2.95. The van der Waals surface area contributed by atoms with Crippen LogP contribution in [0.5, 0.6) is 0 Å². The van der Waals surface area contributed by atoms with Crippen molar-refractivity contribution in [2.45, 2.75) is 12.2 Å². The maximum atomic E-state index is 5.96. The van der Waals surface area contributed by atoms with Crippen molar-refractivity contribution in [3.63, 3.8) is 0 Å². The van der Waals surface area contributed by atoms with Gasteiger partial charge in [-0.05, 0) is 23.8 Å². The Labute approximate surface area is 131 Å². The number of aliphatic imine (C=N–C) groups is 1. The van der Waals surface area contributed by atoms with Crippen molar-refractivity contribution in [3.8, 4) is 0 Å². The zero-order valence-corrected chi connectivity index (χ0v) is 12.1. The smallest absolute Gasteiger partial charge is 0.148 e. The molecule has 22 heavy (non-hydrogen) atoms. The summed E-state index contributed by atoms with van der Waals surface area (Å²) in [5, 5.41) is 0. The fourth-order valence-electron chi connectivity index (χ4n) is 3.09. The van der Waals surface area contributed by atoms with E-state index in [0.29, 0.717) is 0 Å². The van der Waals surface area contributed by atoms with Crippen LogP contribution >= 0.6 is 0 Å². The summed E-state index contributed by atoms with van der Waals surface area (Å²) in [5.74, 6) is 0. The van der Waals surface area contributed by atoms with E-state index in [1.165, 1.54) is 5.69 Å². The van der Waals surface area contributed by atoms with E-state index in [2.05, 4.69) is 53.5 Å². The van der Waals surface area contributed by atoms with Crippen LogP contribution in [-0.2, 0) is 0 Å². The number of benzene rings is 2. The molecule has 2 aromatic carbocycles. The Morgan fingerprint density at radius 3 is 2.64 bits per heavy atom. The Morgan fingerprint density at radius 1 is 0.955 bits per heavy atom. The average molecular weight is 282 g/mol. The summed E-state index contributed by atoms with van der Waals surface area (Å²) in [4.78, 5) is 7.27. The standard InChI is InChI=1S/C19H15BN2/c20-15-8-6-7-14(13-15)19-21-17-11-4-5-12-18(17)22(19)16-9-2-1-3-10-16/h1-13,18-19H. The summed E-state index contributed by atoms with van der Waals surface area (Å²) >= 11 is 0. The van der Waals surface area contributed by atoms with Gasteiger partial charge in [0.15, 0.2) is 0 Å². The molecule has 0 N–H and O–H groups in total. The van der Waals surface area contributed by atoms with Crippen molar-refractivity contribution in [2.24, 2.45) is 4.99 Å². The minimum Gasteiger partial charge on any atom is -0.334 e. The predicted octanol–water partition coefficient (Wildman–Crippen LogP) is 2.93. The second-order valence-electron chi connectivity index (χ2n) is 5.53. The molecule has 1 heterocycles. The molecule has 4 rings (SSSR count). The van der Waals surface area contributed by atoms with Gasteiger partial charge in [-0.2, -0.15) is 0 Å². The van der Waals surface area contributed by atoms with Gasteiger partial charge < -0.3 is 4.90 Å². The van der Waals surface area contributed by atoms with Crippen LogP contribution in [0.4, 0.5) is 5.69 Å². The van der Waals surface area contributed by atoms with Crippen LogP contribution in [0.15, 0.2) is 83.9 Å². The lowest BCUT2D eigenvalue weighted by molar-refractivity contribution is 0.696. The van der Waals surface area contributed by atoms with Gasteiger partial charge in [0.25, 0.3) is 0 Å². The third-order valence-electron chi connectivity index (χ3n) is 4.07. The normalized spacial score (nSPS) is 22.5. The lowest BCUT2D eigenvalue weighted by Gasteiger charge is -2.31. The van der Waals surface area contributed by atoms with Crippen molar-refractivity contribution in [3.05, 3.63) is 84.5 Å². The van der Waals surface area contributed by atoms with Crippen LogP contribution in [-0.4, -0.2) is 19.6 Å². The fraction of sp³-hybridized carbons (Fsp3) is 0.105. The zero-order chi connectivity index (χ0) is 14.9. The topological polar surface area (TPSA) is 15.6 Å². The van der Waals surface area contributed by atoms with Gasteiger partial charge in [0, 0.05) is 5.69 Å². The summed E-state index contributed by atoms with van der Waals surface area (Å²) in [5.41, 5.74) is 4.15. The van der Waals surface area contributed by atoms with Gasteiger partial charge in [-0.1, -0.05) is 66.2 Å². The molecule has 2 aliphatic rings. The van der Waals surface area contributed by atoms with E-state index in [9.17, 15) is 0 Å². The molecule has 2 aromatic rings. The van der Waals surface area contributed by atoms with Crippen LogP contribution in [0.3, 0.4) is 0 Å². The SMILES string of the molecule is [B]c1cccc(C2N=C3C=CC=CC3N2c2ccccc2)c1. The first-order valence-corrected chi connectivity index (χ1v) is 7.44. The highest BCUT2D eigenvalue weighted by Gasteiger charge is 2.35. The number of allylic oxidation sites excluding steroid dienone is 2. The highest BCUT2D eigenvalue weighted by Crippen LogP contribution is 2.36. The van der Waals surface area contributed by atoms with Gasteiger partial charge >= 0.3 is 0 Å². The summed E-state index contributed by atoms with van der Waals surface area (Å²) in [6.45, 7) is 0. The quantitative estimate of drug-likeness (QED) is 0.773. The number of fused-ring (bicyclic) bond motifs is 1. The van der Waals surface area contributed by atoms with Crippen LogP contribution in [0, 0.1) is 0 Å². The van der Waals surface area contributed by atoms with E-state index in [4.69, 9.17) is 12.8 Å². The van der Waals surface area contributed by atoms with Crippen molar-refractivity contribution in [1.29, 1.82) is 0 Å². The molecule has 0 fully saturated rings. The molecule has 104 valence electrons. The van der Waals surface area contributed by atoms with E-state index in [0.717, 1.165) is 16.7 Å². The first-order chi connectivity index (χ1) is 10.8. The Balaban J connectivity index is 1.82. The Bertz CT molecular complexity index is 777. The van der Waals surface area contributed by atoms with Gasteiger partial charge in [0.2, 0.25) is 0 Å². The first-order valence-electron chi connectivity index (χ1n) is 7.44. The number of anilines is 1. The molecule has 2 atom stereocenters. The lowest BCUT2D eigenvalue weighted by Crippen LogP contribution is -2.35. The van der Waals surface area contributed by atoms with Crippen LogP contribution in [0.1, 0.15) is 11.7 Å². The van der Waals surface area contributed by atoms with Gasteiger partial charge in [0.1, 0.15) is 14.0 Å². The van der Waals surface area contributed by atoms with Gasteiger partial charge in [-0.25, -0.2) is 0 Å². The van der Waals surface area contributed by atoms with Crippen LogP contribution in [0.2, 0.25) is 0 Å². The molecule has 2 radical (unpaired) electrons. The van der Waals surface area contributed by atoms with E-state index in [1.54, 1.807) is 0 Å². The van der Waals surface area contributed by atoms with E-state index >= 15 is 0 Å². The van der Waals surface area contributed by atoms with Gasteiger partial charge in [0.05, 0.1) is 11.8 Å². The second kappa shape index (κ2) is 5.34. The van der Waals surface area contributed by atoms with Crippen molar-refractivity contribution >= 4 is 24.7 Å². The Kier molecular flexibility index (Phi) is 3.19. The molecule has 0 saturated heterocycles. The zero-order valence-electron chi connectivity index (χ0n) is 12.1. The van der Waals surface area contributed by atoms with E-state index in [1.807, 2.05) is 30.3 Å². The molecular weight excluding hydrogens is 267 g/mol. The van der Waals surface area contributed by atoms with E-state index in [-0.39, 0.29) is 12.2 Å². The van der Waals surface area contributed by atoms with Gasteiger partial charge in [-0.3, -0.25) is 4.99 Å². The summed E-state index contributed by atoms with van der Waals surface area (Å²) in [7, 11) is 5.96. The largest absolute Gasteiger partial charge is 0.334 e. The van der Waals surface area contributed by atoms with Crippen molar-refractivity contribution < 1.29 is 0 Å². The van der Waals surface area contributed by atoms with Crippen LogP contribution in [0.25, 0.3) is 0 Å². The lowest BCUT2D eigenvalue weighted by atomic mass is 9.93. The molecule has 0 spiro atoms. The molecule has 1 aliphatic heterocycles. The maximum absolute atomic E-state index is 5.96. The fourth-order valence-corrected chi connectivity index (χ4v) is 3.09. The number of para-hydroxylation sites is 1. The van der Waals surface area contributed by atoms with Crippen molar-refractivity contribution in [1.82, 2.24) is 0 Å². The molecule has 2 nitrogen and oxygen atoms in total. The number of rotatable bonds is 2. The summed E-state index contributed by atoms with van der Waals surface area (Å²) in [6.07, 6.45) is 8.37. The minimum absolute atomic E-state index is 0.0432. The van der Waals surface area contributed by atoms with Crippen LogP contribution < -0.4 is 10.4 Å². The second-order valence-corrected chi connectivity index (χ2v) is 5.53. The third-order valence-corrected chi connectivity index (χ3v) is 4.07. The molecule has 0 bridgehead atoms. The predicted molar refractivity (Wildman–Crippen MR) is 93.0 cm³/mol. The number of hydrogen-bond acceptors (Lipinski definition) is 2. The van der Waals surface area contributed by atoms with E-state index < -0.39 is 0 Å². The molecule has 0 aromatic heterocycles. The molecule has 3 heteroatoms. The molecular formula is C19H15BN2. The summed E-state index contributed by atoms with van der Waals surface area (Å²) in [6, 6.07) is 18.6. The molecule has 0 saturated carbocycles. The molecule has 0 amide bonds.